The molecule has 1 heterocycles. The van der Waals surface area contributed by atoms with Gasteiger partial charge in [-0.1, -0.05) is 11.8 Å². The van der Waals surface area contributed by atoms with Crippen LogP contribution in [0.3, 0.4) is 0 Å². The Kier molecular flexibility index (Phi) is 4.44. The van der Waals surface area contributed by atoms with Crippen LogP contribution in [0.1, 0.15) is 11.1 Å². The van der Waals surface area contributed by atoms with Gasteiger partial charge in [0.2, 0.25) is 0 Å². The summed E-state index contributed by atoms with van der Waals surface area (Å²) in [4.78, 5) is 13.5. The van der Waals surface area contributed by atoms with Gasteiger partial charge < -0.3 is 5.11 Å². The van der Waals surface area contributed by atoms with Crippen LogP contribution < -0.4 is 10.5 Å². The van der Waals surface area contributed by atoms with Gasteiger partial charge in [-0.15, -0.1) is 0 Å². The zero-order valence-corrected chi connectivity index (χ0v) is 11.2. The van der Waals surface area contributed by atoms with Crippen LogP contribution in [0, 0.1) is 10.1 Å². The minimum Gasteiger partial charge on any atom is -0.872 e. The highest BCUT2D eigenvalue weighted by Crippen LogP contribution is 2.28. The summed E-state index contributed by atoms with van der Waals surface area (Å²) in [6, 6.07) is 5.00. The van der Waals surface area contributed by atoms with E-state index in [0.29, 0.717) is 6.20 Å². The van der Waals surface area contributed by atoms with E-state index in [1.54, 1.807) is 0 Å². The third-order valence-electron chi connectivity index (χ3n) is 2.68. The summed E-state index contributed by atoms with van der Waals surface area (Å²) in [5, 5.41) is 25.7. The number of nitro benzene ring substituents is 1. The second-order valence-electron chi connectivity index (χ2n) is 4.28. The van der Waals surface area contributed by atoms with E-state index >= 15 is 0 Å². The number of hydrogen-bond donors (Lipinski definition) is 1. The van der Waals surface area contributed by atoms with Crippen LogP contribution in [0.4, 0.5) is 24.7 Å². The highest BCUT2D eigenvalue weighted by Gasteiger charge is 2.30. The molecule has 0 fully saturated rings. The molecule has 0 aliphatic carbocycles. The Labute approximate surface area is 127 Å². The van der Waals surface area contributed by atoms with Crippen molar-refractivity contribution in [2.24, 2.45) is 5.10 Å². The SMILES string of the molecule is O=[N+]([O-])c1ccc([O-])c(/C=N\Nc2ccc(C(F)(F)F)cn2)c1. The molecule has 7 nitrogen and oxygen atoms in total. The molecule has 1 aromatic heterocycles. The van der Waals surface area contributed by atoms with Crippen LogP contribution in [0.25, 0.3) is 0 Å². The van der Waals surface area contributed by atoms with Crippen LogP contribution in [0.15, 0.2) is 41.6 Å². The van der Waals surface area contributed by atoms with Gasteiger partial charge in [0.15, 0.2) is 0 Å². The molecule has 2 rings (SSSR count). The van der Waals surface area contributed by atoms with Gasteiger partial charge in [-0.3, -0.25) is 15.5 Å². The fraction of sp³-hybridized carbons (Fsp3) is 0.0769. The number of hydrogen-bond acceptors (Lipinski definition) is 6. The minimum absolute atomic E-state index is 0.0205. The number of pyridine rings is 1. The Bertz CT molecular complexity index is 745. The Hall–Kier alpha value is -3.17. The molecular formula is C13H8F3N4O3-. The van der Waals surface area contributed by atoms with Crippen molar-refractivity contribution < 1.29 is 23.2 Å². The third kappa shape index (κ3) is 4.15. The van der Waals surface area contributed by atoms with Gasteiger partial charge in [0, 0.05) is 18.3 Å². The van der Waals surface area contributed by atoms with Gasteiger partial charge in [-0.2, -0.15) is 18.3 Å². The fourth-order valence-electron chi connectivity index (χ4n) is 1.55. The van der Waals surface area contributed by atoms with E-state index < -0.39 is 22.4 Å². The molecule has 1 N–H and O–H groups in total. The van der Waals surface area contributed by atoms with Gasteiger partial charge in [0.1, 0.15) is 5.82 Å². The highest BCUT2D eigenvalue weighted by molar-refractivity contribution is 5.84. The number of non-ortho nitro benzene ring substituents is 1. The molecule has 120 valence electrons. The molecule has 0 radical (unpaired) electrons. The van der Waals surface area contributed by atoms with E-state index in [2.05, 4.69) is 15.5 Å². The van der Waals surface area contributed by atoms with E-state index in [0.717, 1.165) is 36.5 Å². The van der Waals surface area contributed by atoms with Crippen molar-refractivity contribution in [3.05, 3.63) is 57.8 Å². The van der Waals surface area contributed by atoms with Crippen molar-refractivity contribution in [2.75, 3.05) is 5.43 Å². The summed E-state index contributed by atoms with van der Waals surface area (Å²) in [7, 11) is 0. The van der Waals surface area contributed by atoms with Gasteiger partial charge in [-0.05, 0) is 17.7 Å². The van der Waals surface area contributed by atoms with Crippen LogP contribution in [0.2, 0.25) is 0 Å². The predicted molar refractivity (Wildman–Crippen MR) is 73.0 cm³/mol. The topological polar surface area (TPSA) is 103 Å². The number of halogens is 3. The molecule has 0 saturated carbocycles. The maximum atomic E-state index is 12.4. The molecule has 23 heavy (non-hydrogen) atoms. The summed E-state index contributed by atoms with van der Waals surface area (Å²) in [6.45, 7) is 0. The fourth-order valence-corrected chi connectivity index (χ4v) is 1.55. The Morgan fingerprint density at radius 3 is 2.57 bits per heavy atom. The second kappa shape index (κ2) is 6.30. The van der Waals surface area contributed by atoms with E-state index in [4.69, 9.17) is 0 Å². The van der Waals surface area contributed by atoms with Crippen molar-refractivity contribution >= 4 is 17.7 Å². The summed E-state index contributed by atoms with van der Waals surface area (Å²) in [6.07, 6.45) is -2.84. The number of aromatic nitrogens is 1. The van der Waals surface area contributed by atoms with Crippen molar-refractivity contribution in [3.63, 3.8) is 0 Å². The Morgan fingerprint density at radius 2 is 2.00 bits per heavy atom. The molecule has 10 heteroatoms. The number of rotatable bonds is 4. The van der Waals surface area contributed by atoms with Crippen molar-refractivity contribution in [2.45, 2.75) is 6.18 Å². The molecule has 0 saturated heterocycles. The second-order valence-corrected chi connectivity index (χ2v) is 4.28. The number of nitro groups is 1. The predicted octanol–water partition coefficient (Wildman–Crippen LogP) is 2.53. The maximum absolute atomic E-state index is 12.4. The Morgan fingerprint density at radius 1 is 1.26 bits per heavy atom. The molecule has 0 aliphatic rings. The summed E-state index contributed by atoms with van der Waals surface area (Å²) < 4.78 is 37.1. The van der Waals surface area contributed by atoms with E-state index in [9.17, 15) is 28.4 Å². The average Bonchev–Trinajstić information content (AvgIpc) is 2.48. The molecule has 1 aromatic carbocycles. The minimum atomic E-state index is -4.49. The van der Waals surface area contributed by atoms with E-state index in [1.165, 1.54) is 0 Å². The summed E-state index contributed by atoms with van der Waals surface area (Å²) >= 11 is 0. The van der Waals surface area contributed by atoms with E-state index in [-0.39, 0.29) is 17.1 Å². The van der Waals surface area contributed by atoms with Gasteiger partial charge in [-0.25, -0.2) is 4.98 Å². The summed E-state index contributed by atoms with van der Waals surface area (Å²) in [5.74, 6) is -0.464. The summed E-state index contributed by atoms with van der Waals surface area (Å²) in [5.41, 5.74) is 1.10. The number of alkyl halides is 3. The largest absolute Gasteiger partial charge is 0.872 e. The quantitative estimate of drug-likeness (QED) is 0.528. The first-order chi connectivity index (χ1) is 10.8. The first-order valence-corrected chi connectivity index (χ1v) is 6.05. The molecule has 0 aliphatic heterocycles. The lowest BCUT2D eigenvalue weighted by molar-refractivity contribution is -0.385. The van der Waals surface area contributed by atoms with Gasteiger partial charge in [0.05, 0.1) is 16.7 Å². The molecule has 0 spiro atoms. The molecule has 0 unspecified atom stereocenters. The first kappa shape index (κ1) is 16.2. The highest BCUT2D eigenvalue weighted by atomic mass is 19.4. The average molecular weight is 325 g/mol. The lowest BCUT2D eigenvalue weighted by atomic mass is 10.2. The standard InChI is InChI=1S/C13H9F3N4O3/c14-13(15,16)9-1-4-12(17-7-9)19-18-6-8-5-10(20(22)23)2-3-11(8)21/h1-7,21H,(H,17,19)/p-1/b18-6-. The molecule has 0 amide bonds. The maximum Gasteiger partial charge on any atom is 0.417 e. The lowest BCUT2D eigenvalue weighted by Gasteiger charge is -2.09. The molecular weight excluding hydrogens is 317 g/mol. The number of anilines is 1. The van der Waals surface area contributed by atoms with Gasteiger partial charge >= 0.3 is 6.18 Å². The van der Waals surface area contributed by atoms with Crippen molar-refractivity contribution in [1.82, 2.24) is 4.98 Å². The van der Waals surface area contributed by atoms with Crippen LogP contribution in [-0.4, -0.2) is 16.1 Å². The number of nitrogens with zero attached hydrogens (tertiary/aromatic N) is 3. The zero-order valence-electron chi connectivity index (χ0n) is 11.2. The third-order valence-corrected chi connectivity index (χ3v) is 2.68. The normalized spacial score (nSPS) is 11.6. The lowest BCUT2D eigenvalue weighted by Crippen LogP contribution is -2.05. The smallest absolute Gasteiger partial charge is 0.417 e. The molecule has 0 bridgehead atoms. The van der Waals surface area contributed by atoms with Crippen LogP contribution in [-0.2, 0) is 6.18 Å². The van der Waals surface area contributed by atoms with Crippen LogP contribution in [0.5, 0.6) is 5.75 Å². The van der Waals surface area contributed by atoms with Crippen LogP contribution >= 0.6 is 0 Å². The van der Waals surface area contributed by atoms with Crippen molar-refractivity contribution in [1.29, 1.82) is 0 Å². The first-order valence-electron chi connectivity index (χ1n) is 6.05. The number of hydrazone groups is 1. The van der Waals surface area contributed by atoms with E-state index in [1.807, 2.05) is 0 Å². The van der Waals surface area contributed by atoms with Crippen molar-refractivity contribution in [3.8, 4) is 5.75 Å². The monoisotopic (exact) mass is 325 g/mol. The molecule has 0 atom stereocenters. The zero-order chi connectivity index (χ0) is 17.0. The van der Waals surface area contributed by atoms with Gasteiger partial charge in [0.25, 0.3) is 5.69 Å². The number of nitrogens with one attached hydrogen (secondary N) is 1. The Balaban J connectivity index is 2.10. The number of benzene rings is 1. The molecule has 2 aromatic rings.